The van der Waals surface area contributed by atoms with E-state index in [1.165, 1.54) is 39.2 Å². The van der Waals surface area contributed by atoms with Crippen LogP contribution in [0.2, 0.25) is 0 Å². The van der Waals surface area contributed by atoms with E-state index in [1.807, 2.05) is 0 Å². The average Bonchev–Trinajstić information content (AvgIpc) is 3.34. The minimum Gasteiger partial charge on any atom is -0.190 e. The van der Waals surface area contributed by atoms with Crippen molar-refractivity contribution >= 4 is 0 Å². The molecule has 0 aliphatic carbocycles. The first-order chi connectivity index (χ1) is 18.0. The molecule has 6 rings (SSSR count). The third-order valence-corrected chi connectivity index (χ3v) is 8.08. The second-order valence-corrected chi connectivity index (χ2v) is 10.4. The molecule has 0 fully saturated rings. The van der Waals surface area contributed by atoms with Crippen LogP contribution in [0.1, 0.15) is 43.4 Å². The zero-order valence-electron chi connectivity index (χ0n) is 22.2. The number of hydrogen-bond acceptors (Lipinski definition) is 1. The van der Waals surface area contributed by atoms with Gasteiger partial charge in [0, 0.05) is 11.5 Å². The van der Waals surface area contributed by atoms with Crippen molar-refractivity contribution in [2.75, 3.05) is 0 Å². The van der Waals surface area contributed by atoms with Crippen LogP contribution in [-0.2, 0) is 12.0 Å². The van der Waals surface area contributed by atoms with Gasteiger partial charge in [0.1, 0.15) is 11.2 Å². The van der Waals surface area contributed by atoms with E-state index >= 15 is 0 Å². The van der Waals surface area contributed by atoms with Crippen molar-refractivity contribution in [2.45, 2.75) is 52.5 Å². The van der Waals surface area contributed by atoms with E-state index in [0.29, 0.717) is 0 Å². The van der Waals surface area contributed by atoms with Gasteiger partial charge in [0.2, 0.25) is 0 Å². The van der Waals surface area contributed by atoms with E-state index in [4.69, 9.17) is 5.10 Å². The summed E-state index contributed by atoms with van der Waals surface area (Å²) in [4.78, 5) is 0. The first-order valence-corrected chi connectivity index (χ1v) is 13.4. The standard InChI is InChI=1S/C34H34N3/c1-5-34(6-2)23-27-16-10-11-18-30(27)33-36(28-21-24(3)20-25(4)22-28)32(35-37(33)34)31-19-13-12-17-29(31)26-14-8-7-9-15-26/h7-22H,5-6,23H2,1-4H3/q+1. The number of nitrogens with zero attached hydrogens (tertiary/aromatic N) is 3. The third kappa shape index (κ3) is 3.81. The molecule has 5 aromatic rings. The molecule has 4 aromatic carbocycles. The lowest BCUT2D eigenvalue weighted by Gasteiger charge is -2.32. The maximum atomic E-state index is 5.52. The van der Waals surface area contributed by atoms with Crippen LogP contribution in [0.3, 0.4) is 0 Å². The summed E-state index contributed by atoms with van der Waals surface area (Å²) in [6.45, 7) is 8.98. The minimum atomic E-state index is -0.0652. The van der Waals surface area contributed by atoms with Crippen molar-refractivity contribution in [3.8, 4) is 39.6 Å². The van der Waals surface area contributed by atoms with Crippen molar-refractivity contribution in [3.63, 3.8) is 0 Å². The third-order valence-electron chi connectivity index (χ3n) is 8.08. The average molecular weight is 485 g/mol. The summed E-state index contributed by atoms with van der Waals surface area (Å²) in [6.07, 6.45) is 3.05. The van der Waals surface area contributed by atoms with Gasteiger partial charge in [-0.1, -0.05) is 86.6 Å². The Morgan fingerprint density at radius 1 is 0.730 bits per heavy atom. The quantitative estimate of drug-likeness (QED) is 0.233. The highest BCUT2D eigenvalue weighted by atomic mass is 15.4. The second kappa shape index (κ2) is 9.15. The van der Waals surface area contributed by atoms with E-state index in [1.54, 1.807) is 0 Å². The van der Waals surface area contributed by atoms with Gasteiger partial charge in [-0.2, -0.15) is 4.57 Å². The van der Waals surface area contributed by atoms with E-state index in [0.717, 1.165) is 36.3 Å². The Morgan fingerprint density at radius 3 is 2.00 bits per heavy atom. The summed E-state index contributed by atoms with van der Waals surface area (Å²) in [5.41, 5.74) is 9.83. The van der Waals surface area contributed by atoms with Gasteiger partial charge in [-0.3, -0.25) is 0 Å². The molecule has 1 aromatic heterocycles. The van der Waals surface area contributed by atoms with Crippen molar-refractivity contribution in [1.82, 2.24) is 9.78 Å². The number of aryl methyl sites for hydroxylation is 2. The van der Waals surface area contributed by atoms with E-state index < -0.39 is 0 Å². The van der Waals surface area contributed by atoms with Crippen LogP contribution in [0.4, 0.5) is 0 Å². The lowest BCUT2D eigenvalue weighted by Crippen LogP contribution is -2.43. The van der Waals surface area contributed by atoms with Crippen molar-refractivity contribution < 1.29 is 4.57 Å². The highest BCUT2D eigenvalue weighted by Gasteiger charge is 2.46. The number of rotatable bonds is 5. The molecule has 2 heterocycles. The molecular weight excluding hydrogens is 450 g/mol. The van der Waals surface area contributed by atoms with Crippen molar-refractivity contribution in [1.29, 1.82) is 0 Å². The Bertz CT molecular complexity index is 1570. The predicted octanol–water partition coefficient (Wildman–Crippen LogP) is 7.85. The largest absolute Gasteiger partial charge is 0.314 e. The van der Waals surface area contributed by atoms with E-state index in [-0.39, 0.29) is 5.54 Å². The molecule has 3 heteroatoms. The summed E-state index contributed by atoms with van der Waals surface area (Å²) in [5.74, 6) is 2.16. The molecule has 0 saturated heterocycles. The lowest BCUT2D eigenvalue weighted by atomic mass is 9.81. The number of fused-ring (bicyclic) bond motifs is 3. The zero-order chi connectivity index (χ0) is 25.6. The Balaban J connectivity index is 1.75. The molecule has 0 saturated carbocycles. The molecule has 1 aliphatic heterocycles. The van der Waals surface area contributed by atoms with Crippen LogP contribution in [0.15, 0.2) is 97.1 Å². The maximum Gasteiger partial charge on any atom is 0.314 e. The fourth-order valence-corrected chi connectivity index (χ4v) is 6.11. The van der Waals surface area contributed by atoms with Crippen LogP contribution < -0.4 is 4.57 Å². The van der Waals surface area contributed by atoms with Crippen molar-refractivity contribution in [3.05, 3.63) is 114 Å². The SMILES string of the molecule is CCC1(CC)Cc2ccccc2-c2n1nc(-c1ccccc1-c1ccccc1)[n+]2-c1cc(C)cc(C)c1. The summed E-state index contributed by atoms with van der Waals surface area (Å²) in [6, 6.07) is 35.1. The molecule has 3 nitrogen and oxygen atoms in total. The van der Waals surface area contributed by atoms with Gasteiger partial charge < -0.3 is 0 Å². The van der Waals surface area contributed by atoms with Gasteiger partial charge in [0.05, 0.1) is 11.1 Å². The van der Waals surface area contributed by atoms with Crippen LogP contribution in [0, 0.1) is 13.8 Å². The zero-order valence-corrected chi connectivity index (χ0v) is 22.2. The lowest BCUT2D eigenvalue weighted by molar-refractivity contribution is -0.573. The highest BCUT2D eigenvalue weighted by Crippen LogP contribution is 2.42. The minimum absolute atomic E-state index is 0.0652. The fraction of sp³-hybridized carbons (Fsp3) is 0.235. The molecule has 184 valence electrons. The Hall–Kier alpha value is -3.98. The maximum absolute atomic E-state index is 5.52. The molecule has 0 N–H and O–H groups in total. The molecule has 37 heavy (non-hydrogen) atoms. The number of aromatic nitrogens is 3. The second-order valence-electron chi connectivity index (χ2n) is 10.4. The molecule has 0 spiro atoms. The summed E-state index contributed by atoms with van der Waals surface area (Å²) in [7, 11) is 0. The monoisotopic (exact) mass is 484 g/mol. The summed E-state index contributed by atoms with van der Waals surface area (Å²) in [5, 5.41) is 5.52. The molecule has 0 bridgehead atoms. The molecular formula is C34H34N3+. The predicted molar refractivity (Wildman–Crippen MR) is 152 cm³/mol. The van der Waals surface area contributed by atoms with E-state index in [9.17, 15) is 0 Å². The normalized spacial score (nSPS) is 13.7. The summed E-state index contributed by atoms with van der Waals surface area (Å²) < 4.78 is 4.78. The van der Waals surface area contributed by atoms with Crippen LogP contribution in [0.25, 0.3) is 39.6 Å². The van der Waals surface area contributed by atoms with Crippen molar-refractivity contribution in [2.24, 2.45) is 0 Å². The highest BCUT2D eigenvalue weighted by molar-refractivity contribution is 5.80. The molecule has 0 amide bonds. The Morgan fingerprint density at radius 2 is 1.32 bits per heavy atom. The van der Waals surface area contributed by atoms with Gasteiger partial charge in [0.25, 0.3) is 5.82 Å². The van der Waals surface area contributed by atoms with E-state index in [2.05, 4.69) is 134 Å². The fourth-order valence-electron chi connectivity index (χ4n) is 6.11. The Labute approximate surface area is 220 Å². The molecule has 0 atom stereocenters. The van der Waals surface area contributed by atoms with Gasteiger partial charge >= 0.3 is 5.82 Å². The first-order valence-electron chi connectivity index (χ1n) is 13.4. The first kappa shape index (κ1) is 23.4. The van der Waals surface area contributed by atoms with Gasteiger partial charge in [-0.05, 0) is 78.8 Å². The van der Waals surface area contributed by atoms with Crippen LogP contribution in [-0.4, -0.2) is 9.78 Å². The van der Waals surface area contributed by atoms with Gasteiger partial charge in [-0.25, -0.2) is 0 Å². The molecule has 0 radical (unpaired) electrons. The van der Waals surface area contributed by atoms with Crippen LogP contribution in [0.5, 0.6) is 0 Å². The Kier molecular flexibility index (Phi) is 5.79. The van der Waals surface area contributed by atoms with Gasteiger partial charge in [0.15, 0.2) is 0 Å². The van der Waals surface area contributed by atoms with Gasteiger partial charge in [-0.15, -0.1) is 4.68 Å². The number of benzene rings is 4. The number of hydrogen-bond donors (Lipinski definition) is 0. The summed E-state index contributed by atoms with van der Waals surface area (Å²) >= 11 is 0. The topological polar surface area (TPSA) is 21.7 Å². The van der Waals surface area contributed by atoms with Crippen LogP contribution >= 0.6 is 0 Å². The smallest absolute Gasteiger partial charge is 0.190 e. The molecule has 1 aliphatic rings. The molecule has 0 unspecified atom stereocenters.